The number of nitrogens with zero attached hydrogens (tertiary/aromatic N) is 2. The van der Waals surface area contributed by atoms with Crippen molar-refractivity contribution in [1.82, 2.24) is 15.1 Å². The maximum Gasteiger partial charge on any atom is 0.353 e. The number of thioether (sulfide) groups is 1. The van der Waals surface area contributed by atoms with Gasteiger partial charge in [-0.3, -0.25) is 14.7 Å². The minimum Gasteiger partial charge on any atom is -0.477 e. The van der Waals surface area contributed by atoms with E-state index in [0.717, 1.165) is 0 Å². The molecule has 96 valence electrons. The van der Waals surface area contributed by atoms with Gasteiger partial charge in [-0.15, -0.1) is 11.8 Å². The number of aromatic amines is 1. The summed E-state index contributed by atoms with van der Waals surface area (Å²) in [4.78, 5) is 34.9. The van der Waals surface area contributed by atoms with Gasteiger partial charge in [-0.25, -0.2) is 4.79 Å². The van der Waals surface area contributed by atoms with E-state index < -0.39 is 11.9 Å². The third-order valence-corrected chi connectivity index (χ3v) is 3.18. The molecule has 0 aliphatic carbocycles. The Morgan fingerprint density at radius 1 is 1.61 bits per heavy atom. The Hall–Kier alpha value is -2.03. The van der Waals surface area contributed by atoms with Crippen molar-refractivity contribution in [3.63, 3.8) is 0 Å². The Kier molecular flexibility index (Phi) is 3.51. The topological polar surface area (TPSA) is 115 Å². The third-order valence-electron chi connectivity index (χ3n) is 2.24. The number of rotatable bonds is 4. The van der Waals surface area contributed by atoms with Crippen molar-refractivity contribution >= 4 is 35.4 Å². The zero-order chi connectivity index (χ0) is 13.1. The van der Waals surface area contributed by atoms with Crippen LogP contribution >= 0.6 is 11.8 Å². The van der Waals surface area contributed by atoms with Crippen molar-refractivity contribution in [2.75, 3.05) is 23.5 Å². The maximum absolute atomic E-state index is 11.6. The molecule has 0 radical (unpaired) electrons. The van der Waals surface area contributed by atoms with Gasteiger partial charge in [-0.2, -0.15) is 5.10 Å². The van der Waals surface area contributed by atoms with Crippen molar-refractivity contribution in [2.24, 2.45) is 0 Å². The minimum atomic E-state index is -1.16. The zero-order valence-corrected chi connectivity index (χ0v) is 9.99. The Morgan fingerprint density at radius 2 is 2.39 bits per heavy atom. The van der Waals surface area contributed by atoms with E-state index in [2.05, 4.69) is 15.5 Å². The van der Waals surface area contributed by atoms with Gasteiger partial charge in [0.1, 0.15) is 12.2 Å². The van der Waals surface area contributed by atoms with E-state index in [-0.39, 0.29) is 24.0 Å². The lowest BCUT2D eigenvalue weighted by Gasteiger charge is -2.13. The van der Waals surface area contributed by atoms with Crippen molar-refractivity contribution in [1.29, 1.82) is 0 Å². The first-order chi connectivity index (χ1) is 8.56. The van der Waals surface area contributed by atoms with Gasteiger partial charge in [0.05, 0.1) is 11.6 Å². The van der Waals surface area contributed by atoms with Gasteiger partial charge in [-0.05, 0) is 0 Å². The summed E-state index contributed by atoms with van der Waals surface area (Å²) in [5.74, 6) is -0.644. The van der Waals surface area contributed by atoms with Crippen LogP contribution in [0.15, 0.2) is 6.07 Å². The second-order valence-electron chi connectivity index (χ2n) is 3.59. The van der Waals surface area contributed by atoms with Crippen LogP contribution in [0.25, 0.3) is 0 Å². The van der Waals surface area contributed by atoms with Crippen LogP contribution in [0.5, 0.6) is 0 Å². The average Bonchev–Trinajstić information content (AvgIpc) is 2.89. The summed E-state index contributed by atoms with van der Waals surface area (Å²) in [6.07, 6.45) is 0. The van der Waals surface area contributed by atoms with Gasteiger partial charge in [0.15, 0.2) is 5.82 Å². The van der Waals surface area contributed by atoms with E-state index in [4.69, 9.17) is 5.11 Å². The predicted octanol–water partition coefficient (Wildman–Crippen LogP) is -0.421. The standard InChI is InChI=1S/C9H10N4O4S/c14-7(2-13-4-18-3-8(13)15)10-6-1-5(9(16)17)11-12-6/h1H,2-4H2,(H,16,17)(H2,10,11,12,14). The van der Waals surface area contributed by atoms with Crippen LogP contribution in [0.4, 0.5) is 5.82 Å². The van der Waals surface area contributed by atoms with Crippen LogP contribution in [0.1, 0.15) is 10.5 Å². The van der Waals surface area contributed by atoms with Crippen molar-refractivity contribution in [3.05, 3.63) is 11.8 Å². The normalized spacial score (nSPS) is 14.9. The van der Waals surface area contributed by atoms with E-state index in [1.807, 2.05) is 0 Å². The molecule has 2 heterocycles. The Labute approximate surface area is 106 Å². The SMILES string of the molecule is O=C(CN1CSCC1=O)Nc1cc(C(=O)O)[nH]n1. The smallest absolute Gasteiger partial charge is 0.353 e. The molecular weight excluding hydrogens is 260 g/mol. The van der Waals surface area contributed by atoms with E-state index >= 15 is 0 Å². The lowest BCUT2D eigenvalue weighted by molar-refractivity contribution is -0.130. The lowest BCUT2D eigenvalue weighted by Crippen LogP contribution is -2.34. The Balaban J connectivity index is 1.90. The molecule has 0 aromatic carbocycles. The summed E-state index contributed by atoms with van der Waals surface area (Å²) in [6.45, 7) is -0.0545. The maximum atomic E-state index is 11.6. The first kappa shape index (κ1) is 12.4. The molecule has 1 fully saturated rings. The monoisotopic (exact) mass is 270 g/mol. The summed E-state index contributed by atoms with van der Waals surface area (Å²) in [6, 6.07) is 1.21. The average molecular weight is 270 g/mol. The molecule has 2 amide bonds. The first-order valence-electron chi connectivity index (χ1n) is 5.00. The number of nitrogens with one attached hydrogen (secondary N) is 2. The van der Waals surface area contributed by atoms with Crippen LogP contribution in [0, 0.1) is 0 Å². The molecule has 1 aromatic heterocycles. The van der Waals surface area contributed by atoms with Crippen LogP contribution in [0.2, 0.25) is 0 Å². The molecule has 9 heteroatoms. The molecule has 0 atom stereocenters. The van der Waals surface area contributed by atoms with Gasteiger partial charge >= 0.3 is 5.97 Å². The number of carboxylic acids is 1. The Bertz CT molecular complexity index is 501. The fourth-order valence-corrected chi connectivity index (χ4v) is 2.30. The van der Waals surface area contributed by atoms with Gasteiger partial charge in [0.2, 0.25) is 11.8 Å². The fourth-order valence-electron chi connectivity index (χ4n) is 1.39. The number of carbonyl (C=O) groups is 3. The Morgan fingerprint density at radius 3 is 2.94 bits per heavy atom. The minimum absolute atomic E-state index is 0.0545. The molecule has 0 unspecified atom stereocenters. The van der Waals surface area contributed by atoms with E-state index in [1.54, 1.807) is 0 Å². The second kappa shape index (κ2) is 5.08. The number of amides is 2. The number of H-pyrrole nitrogens is 1. The predicted molar refractivity (Wildman–Crippen MR) is 63.2 cm³/mol. The number of carboxylic acid groups (broad SMARTS) is 1. The van der Waals surface area contributed by atoms with Crippen molar-refractivity contribution < 1.29 is 19.5 Å². The third kappa shape index (κ3) is 2.80. The first-order valence-corrected chi connectivity index (χ1v) is 6.16. The van der Waals surface area contributed by atoms with Crippen LogP contribution in [-0.2, 0) is 9.59 Å². The molecule has 0 saturated carbocycles. The quantitative estimate of drug-likeness (QED) is 0.684. The highest BCUT2D eigenvalue weighted by Crippen LogP contribution is 2.14. The molecule has 1 aromatic rings. The molecule has 2 rings (SSSR count). The van der Waals surface area contributed by atoms with Gasteiger partial charge < -0.3 is 15.3 Å². The molecule has 0 spiro atoms. The molecule has 18 heavy (non-hydrogen) atoms. The number of hydrogen-bond donors (Lipinski definition) is 3. The largest absolute Gasteiger partial charge is 0.477 e. The molecular formula is C9H10N4O4S. The molecule has 1 aliphatic heterocycles. The van der Waals surface area contributed by atoms with Gasteiger partial charge in [-0.1, -0.05) is 0 Å². The van der Waals surface area contributed by atoms with E-state index in [1.165, 1.54) is 22.7 Å². The highest BCUT2D eigenvalue weighted by Gasteiger charge is 2.23. The molecule has 0 bridgehead atoms. The highest BCUT2D eigenvalue weighted by molar-refractivity contribution is 8.00. The fraction of sp³-hybridized carbons (Fsp3) is 0.333. The van der Waals surface area contributed by atoms with Crippen molar-refractivity contribution in [3.8, 4) is 0 Å². The summed E-state index contributed by atoms with van der Waals surface area (Å²) in [7, 11) is 0. The number of carbonyl (C=O) groups excluding carboxylic acids is 2. The van der Waals surface area contributed by atoms with Gasteiger partial charge in [0, 0.05) is 6.07 Å². The lowest BCUT2D eigenvalue weighted by atomic mass is 10.4. The summed E-state index contributed by atoms with van der Waals surface area (Å²) < 4.78 is 0. The number of aromatic nitrogens is 2. The summed E-state index contributed by atoms with van der Waals surface area (Å²) in [5, 5.41) is 17.0. The second-order valence-corrected chi connectivity index (χ2v) is 4.54. The molecule has 1 saturated heterocycles. The zero-order valence-electron chi connectivity index (χ0n) is 9.17. The molecule has 1 aliphatic rings. The van der Waals surface area contributed by atoms with E-state index in [0.29, 0.717) is 11.6 Å². The summed E-state index contributed by atoms with van der Waals surface area (Å²) in [5.41, 5.74) is -0.113. The van der Waals surface area contributed by atoms with Gasteiger partial charge in [0.25, 0.3) is 0 Å². The highest BCUT2D eigenvalue weighted by atomic mass is 32.2. The van der Waals surface area contributed by atoms with Crippen molar-refractivity contribution in [2.45, 2.75) is 0 Å². The number of aromatic carboxylic acids is 1. The number of anilines is 1. The molecule has 8 nitrogen and oxygen atoms in total. The van der Waals surface area contributed by atoms with Crippen LogP contribution in [0.3, 0.4) is 0 Å². The molecule has 3 N–H and O–H groups in total. The number of hydrogen-bond acceptors (Lipinski definition) is 5. The van der Waals surface area contributed by atoms with Crippen LogP contribution in [-0.4, -0.2) is 56.2 Å². The van der Waals surface area contributed by atoms with E-state index in [9.17, 15) is 14.4 Å². The summed E-state index contributed by atoms with van der Waals surface area (Å²) >= 11 is 1.44. The van der Waals surface area contributed by atoms with Crippen LogP contribution < -0.4 is 5.32 Å².